The van der Waals surface area contributed by atoms with E-state index in [-0.39, 0.29) is 0 Å². The second-order valence-electron chi connectivity index (χ2n) is 2.99. The predicted molar refractivity (Wildman–Crippen MR) is 74.7 cm³/mol. The summed E-state index contributed by atoms with van der Waals surface area (Å²) in [6.07, 6.45) is 1.76. The van der Waals surface area contributed by atoms with Crippen molar-refractivity contribution in [1.82, 2.24) is 0 Å². The van der Waals surface area contributed by atoms with Crippen LogP contribution in [0, 0.1) is 0 Å². The Hall–Kier alpha value is -0.840. The van der Waals surface area contributed by atoms with Gasteiger partial charge in [0.1, 0.15) is 0 Å². The fourth-order valence-electron chi connectivity index (χ4n) is 1.11. The number of anilines is 1. The molecule has 0 fully saturated rings. The Bertz CT molecular complexity index is 510. The smallest absolute Gasteiger partial charge is 0.0748 e. The number of hydrazone groups is 1. The van der Waals surface area contributed by atoms with E-state index in [1.165, 1.54) is 0 Å². The summed E-state index contributed by atoms with van der Waals surface area (Å²) in [6.45, 7) is 0. The van der Waals surface area contributed by atoms with E-state index >= 15 is 0 Å². The lowest BCUT2D eigenvalue weighted by Gasteiger charge is -2.00. The van der Waals surface area contributed by atoms with Crippen LogP contribution in [0.3, 0.4) is 0 Å². The van der Waals surface area contributed by atoms with Crippen LogP contribution in [0.1, 0.15) is 4.88 Å². The third-order valence-corrected chi connectivity index (χ3v) is 3.73. The first-order valence-corrected chi connectivity index (χ1v) is 6.53. The Morgan fingerprint density at radius 1 is 1.25 bits per heavy atom. The van der Waals surface area contributed by atoms with Crippen molar-refractivity contribution in [2.45, 2.75) is 0 Å². The van der Waals surface area contributed by atoms with Crippen molar-refractivity contribution in [2.75, 3.05) is 5.43 Å². The summed E-state index contributed by atoms with van der Waals surface area (Å²) < 4.78 is 1.09. The fourth-order valence-corrected chi connectivity index (χ4v) is 2.59. The largest absolute Gasteiger partial charge is 0.277 e. The molecule has 0 spiro atoms. The number of hydrogen-bond donors (Lipinski definition) is 1. The molecule has 0 radical (unpaired) electrons. The maximum Gasteiger partial charge on any atom is 0.0748 e. The minimum atomic E-state index is 0.659. The van der Waals surface area contributed by atoms with Crippen LogP contribution in [0.25, 0.3) is 0 Å². The molecule has 1 aromatic carbocycles. The van der Waals surface area contributed by atoms with E-state index in [0.717, 1.165) is 14.4 Å². The minimum Gasteiger partial charge on any atom is -0.277 e. The summed E-state index contributed by atoms with van der Waals surface area (Å²) >= 11 is 11.0. The maximum absolute atomic E-state index is 5.97. The van der Waals surface area contributed by atoms with Crippen LogP contribution in [-0.2, 0) is 0 Å². The lowest BCUT2D eigenvalue weighted by molar-refractivity contribution is 1.35. The monoisotopic (exact) mass is 314 g/mol. The number of rotatable bonds is 3. The Balaban J connectivity index is 2.02. The molecule has 0 bridgehead atoms. The molecule has 0 saturated carbocycles. The van der Waals surface area contributed by atoms with Crippen LogP contribution in [0.15, 0.2) is 45.3 Å². The molecular weight excluding hydrogens is 308 g/mol. The van der Waals surface area contributed by atoms with Crippen LogP contribution in [-0.4, -0.2) is 6.21 Å². The molecule has 1 N–H and O–H groups in total. The molecule has 2 aromatic rings. The molecule has 2 nitrogen and oxygen atoms in total. The molecular formula is C11H8BrClN2S. The van der Waals surface area contributed by atoms with Crippen molar-refractivity contribution in [1.29, 1.82) is 0 Å². The molecule has 0 amide bonds. The molecule has 1 aromatic heterocycles. The first kappa shape index (κ1) is 11.6. The zero-order valence-corrected chi connectivity index (χ0v) is 11.3. The summed E-state index contributed by atoms with van der Waals surface area (Å²) in [4.78, 5) is 1.08. The summed E-state index contributed by atoms with van der Waals surface area (Å²) in [5, 5.41) is 4.78. The summed E-state index contributed by atoms with van der Waals surface area (Å²) in [5.41, 5.74) is 3.70. The fraction of sp³-hybridized carbons (Fsp3) is 0. The number of para-hydroxylation sites is 1. The first-order valence-electron chi connectivity index (χ1n) is 4.54. The SMILES string of the molecule is Clc1ccccc1N/N=C/c1ccc(Br)s1. The van der Waals surface area contributed by atoms with Crippen LogP contribution in [0.2, 0.25) is 5.02 Å². The van der Waals surface area contributed by atoms with Gasteiger partial charge in [-0.05, 0) is 40.2 Å². The molecule has 0 saturated heterocycles. The summed E-state index contributed by atoms with van der Waals surface area (Å²) in [7, 11) is 0. The molecule has 16 heavy (non-hydrogen) atoms. The zero-order chi connectivity index (χ0) is 11.4. The summed E-state index contributed by atoms with van der Waals surface area (Å²) in [5.74, 6) is 0. The van der Waals surface area contributed by atoms with Gasteiger partial charge in [-0.25, -0.2) is 0 Å². The van der Waals surface area contributed by atoms with E-state index in [0.29, 0.717) is 5.02 Å². The number of benzene rings is 1. The molecule has 0 aliphatic rings. The Morgan fingerprint density at radius 3 is 2.75 bits per heavy atom. The first-order chi connectivity index (χ1) is 7.75. The maximum atomic E-state index is 5.97. The van der Waals surface area contributed by atoms with Gasteiger partial charge in [0, 0.05) is 4.88 Å². The van der Waals surface area contributed by atoms with Crippen LogP contribution >= 0.6 is 38.9 Å². The van der Waals surface area contributed by atoms with E-state index in [4.69, 9.17) is 11.6 Å². The lowest BCUT2D eigenvalue weighted by Crippen LogP contribution is -1.89. The Kier molecular flexibility index (Phi) is 3.98. The second-order valence-corrected chi connectivity index (χ2v) is 5.89. The highest BCUT2D eigenvalue weighted by Gasteiger charge is 1.96. The highest BCUT2D eigenvalue weighted by atomic mass is 79.9. The van der Waals surface area contributed by atoms with Gasteiger partial charge in [0.25, 0.3) is 0 Å². The van der Waals surface area contributed by atoms with Crippen molar-refractivity contribution in [3.8, 4) is 0 Å². The van der Waals surface area contributed by atoms with Gasteiger partial charge >= 0.3 is 0 Å². The Labute approximate surface area is 111 Å². The van der Waals surface area contributed by atoms with Gasteiger partial charge in [-0.15, -0.1) is 11.3 Å². The zero-order valence-electron chi connectivity index (χ0n) is 8.15. The third kappa shape index (κ3) is 3.07. The number of halogens is 2. The van der Waals surface area contributed by atoms with Crippen molar-refractivity contribution >= 4 is 50.8 Å². The van der Waals surface area contributed by atoms with E-state index in [1.54, 1.807) is 17.6 Å². The van der Waals surface area contributed by atoms with Crippen LogP contribution in [0.5, 0.6) is 0 Å². The van der Waals surface area contributed by atoms with Crippen molar-refractivity contribution in [2.24, 2.45) is 5.10 Å². The number of hydrogen-bond acceptors (Lipinski definition) is 3. The van der Waals surface area contributed by atoms with E-state index < -0.39 is 0 Å². The average molecular weight is 316 g/mol. The van der Waals surface area contributed by atoms with Gasteiger partial charge in [-0.2, -0.15) is 5.10 Å². The van der Waals surface area contributed by atoms with E-state index in [9.17, 15) is 0 Å². The molecule has 0 unspecified atom stereocenters. The molecule has 0 aliphatic carbocycles. The molecule has 0 atom stereocenters. The summed E-state index contributed by atoms with van der Waals surface area (Å²) in [6, 6.07) is 11.5. The molecule has 82 valence electrons. The van der Waals surface area contributed by atoms with Crippen molar-refractivity contribution in [3.63, 3.8) is 0 Å². The van der Waals surface area contributed by atoms with E-state index in [1.807, 2.05) is 36.4 Å². The molecule has 2 rings (SSSR count). The Morgan fingerprint density at radius 2 is 2.06 bits per heavy atom. The molecule has 5 heteroatoms. The van der Waals surface area contributed by atoms with Gasteiger partial charge < -0.3 is 0 Å². The standard InChI is InChI=1S/C11H8BrClN2S/c12-11-6-5-8(16-11)7-14-15-10-4-2-1-3-9(10)13/h1-7,15H/b14-7+. The van der Waals surface area contributed by atoms with Gasteiger partial charge in [0.15, 0.2) is 0 Å². The highest BCUT2D eigenvalue weighted by Crippen LogP contribution is 2.22. The van der Waals surface area contributed by atoms with Gasteiger partial charge in [0.05, 0.1) is 20.7 Å². The third-order valence-electron chi connectivity index (χ3n) is 1.84. The second kappa shape index (κ2) is 5.48. The number of nitrogens with one attached hydrogen (secondary N) is 1. The van der Waals surface area contributed by atoms with Crippen molar-refractivity contribution in [3.05, 3.63) is 50.1 Å². The van der Waals surface area contributed by atoms with Gasteiger partial charge in [0.2, 0.25) is 0 Å². The van der Waals surface area contributed by atoms with Crippen LogP contribution < -0.4 is 5.43 Å². The number of nitrogens with zero attached hydrogens (tertiary/aromatic N) is 1. The average Bonchev–Trinajstić information content (AvgIpc) is 2.67. The minimum absolute atomic E-state index is 0.659. The normalized spacial score (nSPS) is 10.9. The molecule has 1 heterocycles. The lowest BCUT2D eigenvalue weighted by atomic mass is 10.3. The van der Waals surface area contributed by atoms with Gasteiger partial charge in [-0.3, -0.25) is 5.43 Å². The predicted octanol–water partition coefficient (Wildman–Crippen LogP) is 4.61. The van der Waals surface area contributed by atoms with Crippen molar-refractivity contribution < 1.29 is 0 Å². The quantitative estimate of drug-likeness (QED) is 0.649. The topological polar surface area (TPSA) is 24.4 Å². The number of thiophene rings is 1. The van der Waals surface area contributed by atoms with Crippen LogP contribution in [0.4, 0.5) is 5.69 Å². The van der Waals surface area contributed by atoms with E-state index in [2.05, 4.69) is 26.5 Å². The van der Waals surface area contributed by atoms with Gasteiger partial charge in [-0.1, -0.05) is 23.7 Å². The molecule has 0 aliphatic heterocycles. The highest BCUT2D eigenvalue weighted by molar-refractivity contribution is 9.11.